The molecule has 1 aromatic heterocycles. The summed E-state index contributed by atoms with van der Waals surface area (Å²) in [6, 6.07) is 16.4. The molecule has 0 radical (unpaired) electrons. The van der Waals surface area contributed by atoms with Crippen LogP contribution in [0.5, 0.6) is 17.2 Å². The summed E-state index contributed by atoms with van der Waals surface area (Å²) in [5.41, 5.74) is 19.5. The Balaban J connectivity index is 1.25. The Morgan fingerprint density at radius 2 is 1.77 bits per heavy atom. The zero-order valence-corrected chi connectivity index (χ0v) is 36.5. The van der Waals surface area contributed by atoms with Gasteiger partial charge in [0.15, 0.2) is 23.1 Å². The maximum absolute atomic E-state index is 14.1. The standard InChI is InChI=1S/C49H58N4O6S2/c1-52-19-4-2-3-17-49-18-14-36(54)11-8-31-10-13-44(56)47(23-31)59-21-16-32-9-12-43(55)41(22-32)40-26-45(57)37-15-20-53-42(37)7-5-6-33-24-39(48(50)51)34(25-38(33)40)29-60-61-30-35(27-49)46(58)28-49/h9-10,12-15,18,20,22-25,35,40,46,48,52-53,55-56,58H,2-4,7-8,11,16-17,19,21,26-30,50-51H2,1H3/b18-14+/t35-,40+,46-,49+/m0/s1. The molecule has 2 aliphatic carbocycles. The topological polar surface area (TPSA) is 184 Å². The monoisotopic (exact) mass is 862 g/mol. The molecule has 12 heteroatoms. The van der Waals surface area contributed by atoms with E-state index in [1.807, 2.05) is 31.3 Å². The molecule has 10 nitrogen and oxygen atoms in total. The minimum atomic E-state index is -0.772. The maximum Gasteiger partial charge on any atom is 0.165 e. The Labute approximate surface area is 367 Å². The molecule has 7 rings (SSSR count). The number of benzene rings is 3. The van der Waals surface area contributed by atoms with Gasteiger partial charge in [-0.05, 0) is 121 Å². The highest BCUT2D eigenvalue weighted by atomic mass is 33.1. The number of nitrogens with two attached hydrogens (primary N) is 2. The lowest BCUT2D eigenvalue weighted by molar-refractivity contribution is -0.114. The smallest absolute Gasteiger partial charge is 0.165 e. The summed E-state index contributed by atoms with van der Waals surface area (Å²) >= 11 is 0. The molecular formula is C49H58N4O6S2. The molecule has 4 aromatic rings. The first-order valence-corrected chi connectivity index (χ1v) is 23.9. The van der Waals surface area contributed by atoms with Crippen molar-refractivity contribution in [2.45, 2.75) is 94.6 Å². The van der Waals surface area contributed by atoms with Crippen molar-refractivity contribution in [1.29, 1.82) is 0 Å². The van der Waals surface area contributed by atoms with E-state index < -0.39 is 18.2 Å². The van der Waals surface area contributed by atoms with Crippen LogP contribution in [0.15, 0.2) is 72.9 Å². The van der Waals surface area contributed by atoms with Gasteiger partial charge in [-0.15, -0.1) is 0 Å². The summed E-state index contributed by atoms with van der Waals surface area (Å²) in [6.45, 7) is 1.20. The van der Waals surface area contributed by atoms with Gasteiger partial charge in [-0.3, -0.25) is 9.59 Å². The molecular weight excluding hydrogens is 805 g/mol. The molecule has 1 aliphatic heterocycles. The van der Waals surface area contributed by atoms with Crippen LogP contribution in [0.4, 0.5) is 0 Å². The number of aliphatic hydroxyl groups excluding tert-OH is 1. The van der Waals surface area contributed by atoms with Crippen LogP contribution in [0, 0.1) is 23.2 Å². The summed E-state index contributed by atoms with van der Waals surface area (Å²) in [7, 11) is 5.36. The van der Waals surface area contributed by atoms with Crippen LogP contribution >= 0.6 is 21.6 Å². The Hall–Kier alpha value is -4.48. The normalized spacial score (nSPS) is 22.9. The zero-order chi connectivity index (χ0) is 42.9. The van der Waals surface area contributed by atoms with Gasteiger partial charge in [0.05, 0.1) is 25.3 Å². The van der Waals surface area contributed by atoms with Crippen LogP contribution in [-0.4, -0.2) is 63.9 Å². The lowest BCUT2D eigenvalue weighted by Crippen LogP contribution is -2.22. The highest BCUT2D eigenvalue weighted by molar-refractivity contribution is 8.76. The number of ketones is 2. The van der Waals surface area contributed by atoms with Crippen molar-refractivity contribution in [2.24, 2.45) is 22.8 Å². The first-order chi connectivity index (χ1) is 29.5. The summed E-state index contributed by atoms with van der Waals surface area (Å²) in [5.74, 6) is 7.82. The van der Waals surface area contributed by atoms with Crippen LogP contribution in [0.1, 0.15) is 118 Å². The van der Waals surface area contributed by atoms with Crippen molar-refractivity contribution in [3.8, 4) is 29.1 Å². The minimum absolute atomic E-state index is 0.00953. The van der Waals surface area contributed by atoms with Gasteiger partial charge in [0.2, 0.25) is 0 Å². The van der Waals surface area contributed by atoms with Crippen LogP contribution in [0.3, 0.4) is 0 Å². The number of fused-ring (bicyclic) bond motifs is 9. The SMILES string of the molecule is CNCCCCC[C@@]12/C=C/C(=O)CCc3ccc(O)c(c3)OCCc3ccc(O)c(c3)[C@@H]3CC(=O)c4cc[nH]c4CC#Cc4cc(C(N)N)c(cc43)CSSC[C@H](C1)[C@@H](O)C2. The molecule has 4 atom stereocenters. The highest BCUT2D eigenvalue weighted by Gasteiger charge is 2.42. The molecule has 0 spiro atoms. The van der Waals surface area contributed by atoms with E-state index in [0.717, 1.165) is 77.9 Å². The van der Waals surface area contributed by atoms with Gasteiger partial charge in [0.1, 0.15) is 5.75 Å². The molecule has 3 aliphatic rings. The van der Waals surface area contributed by atoms with E-state index in [1.165, 1.54) is 0 Å². The number of Topliss-reactive ketones (excluding diaryl/α,β-unsaturated/α-hetero) is 1. The van der Waals surface area contributed by atoms with E-state index in [1.54, 1.807) is 58.1 Å². The fourth-order valence-electron chi connectivity index (χ4n) is 9.12. The number of rotatable bonds is 7. The predicted molar refractivity (Wildman–Crippen MR) is 245 cm³/mol. The number of phenolic OH excluding ortho intramolecular Hbond substituents is 2. The van der Waals surface area contributed by atoms with Crippen molar-refractivity contribution in [3.63, 3.8) is 0 Å². The van der Waals surface area contributed by atoms with Crippen molar-refractivity contribution >= 4 is 33.2 Å². The molecule has 1 saturated carbocycles. The number of aromatic nitrogens is 1. The number of allylic oxidation sites excluding steroid dienone is 2. The second-order valence-electron chi connectivity index (χ2n) is 16.8. The number of unbranched alkanes of at least 4 members (excludes halogenated alkanes) is 2. The first kappa shape index (κ1) is 44.6. The Bertz CT molecular complexity index is 2300. The predicted octanol–water partition coefficient (Wildman–Crippen LogP) is 7.77. The average molecular weight is 863 g/mol. The number of aryl methyl sites for hydroxylation is 1. The fraction of sp³-hybridized carbons (Fsp3) is 0.429. The largest absolute Gasteiger partial charge is 0.508 e. The number of aromatic hydroxyl groups is 2. The number of hydrogen-bond donors (Lipinski definition) is 7. The molecule has 9 N–H and O–H groups in total. The third kappa shape index (κ3) is 11.1. The van der Waals surface area contributed by atoms with Gasteiger partial charge in [-0.2, -0.15) is 0 Å². The summed E-state index contributed by atoms with van der Waals surface area (Å²) in [5, 5.41) is 36.9. The Kier molecular flexibility index (Phi) is 15.0. The van der Waals surface area contributed by atoms with Gasteiger partial charge in [0.25, 0.3) is 0 Å². The number of hydrogen-bond acceptors (Lipinski definition) is 11. The zero-order valence-electron chi connectivity index (χ0n) is 34.9. The number of aromatic amines is 1. The van der Waals surface area contributed by atoms with Crippen LogP contribution < -0.4 is 21.5 Å². The third-order valence-corrected chi connectivity index (χ3v) is 14.9. The molecule has 8 bridgehead atoms. The number of nitrogens with one attached hydrogen (secondary N) is 2. The van der Waals surface area contributed by atoms with E-state index in [0.29, 0.717) is 60.3 Å². The number of ether oxygens (including phenoxy) is 1. The summed E-state index contributed by atoms with van der Waals surface area (Å²) in [6.07, 6.45) is 11.5. The van der Waals surface area contributed by atoms with E-state index in [2.05, 4.69) is 34.3 Å². The second-order valence-corrected chi connectivity index (χ2v) is 19.4. The molecule has 0 saturated heterocycles. The number of carbonyl (C=O) groups is 2. The summed E-state index contributed by atoms with van der Waals surface area (Å²) < 4.78 is 6.13. The molecule has 0 unspecified atom stereocenters. The van der Waals surface area contributed by atoms with Gasteiger partial charge in [0, 0.05) is 65.3 Å². The van der Waals surface area contributed by atoms with Crippen LogP contribution in [0.25, 0.3) is 0 Å². The minimum Gasteiger partial charge on any atom is -0.508 e. The van der Waals surface area contributed by atoms with Crippen molar-refractivity contribution < 1.29 is 29.6 Å². The van der Waals surface area contributed by atoms with Crippen LogP contribution in [0.2, 0.25) is 0 Å². The number of carbonyl (C=O) groups excluding carboxylic acids is 2. The van der Waals surface area contributed by atoms with Crippen LogP contribution in [-0.2, 0) is 29.8 Å². The van der Waals surface area contributed by atoms with Crippen molar-refractivity contribution in [1.82, 2.24) is 10.3 Å². The van der Waals surface area contributed by atoms with E-state index in [-0.39, 0.29) is 47.4 Å². The maximum atomic E-state index is 14.1. The van der Waals surface area contributed by atoms with Gasteiger partial charge < -0.3 is 41.8 Å². The number of H-pyrrole nitrogens is 1. The van der Waals surface area contributed by atoms with Gasteiger partial charge in [-0.25, -0.2) is 0 Å². The van der Waals surface area contributed by atoms with Gasteiger partial charge >= 0.3 is 0 Å². The quantitative estimate of drug-likeness (QED) is 0.0417. The molecule has 3 aromatic carbocycles. The lowest BCUT2D eigenvalue weighted by atomic mass is 9.79. The molecule has 1 fully saturated rings. The van der Waals surface area contributed by atoms with E-state index >= 15 is 0 Å². The Morgan fingerprint density at radius 1 is 0.951 bits per heavy atom. The lowest BCUT2D eigenvalue weighted by Gasteiger charge is -2.26. The second kappa shape index (κ2) is 20.6. The molecule has 322 valence electrons. The Morgan fingerprint density at radius 3 is 2.59 bits per heavy atom. The third-order valence-electron chi connectivity index (χ3n) is 12.5. The molecule has 61 heavy (non-hydrogen) atoms. The van der Waals surface area contributed by atoms with Gasteiger partial charge in [-0.1, -0.05) is 76.6 Å². The molecule has 0 amide bonds. The van der Waals surface area contributed by atoms with E-state index in [4.69, 9.17) is 16.2 Å². The number of phenols is 2. The summed E-state index contributed by atoms with van der Waals surface area (Å²) in [4.78, 5) is 30.7. The van der Waals surface area contributed by atoms with Crippen molar-refractivity contribution in [2.75, 3.05) is 26.0 Å². The van der Waals surface area contributed by atoms with Crippen molar-refractivity contribution in [3.05, 3.63) is 123 Å². The highest BCUT2D eigenvalue weighted by Crippen LogP contribution is 2.49. The average Bonchev–Trinajstić information content (AvgIpc) is 3.85. The first-order valence-electron chi connectivity index (χ1n) is 21.4. The fourth-order valence-corrected chi connectivity index (χ4v) is 11.6. The number of aliphatic hydroxyl groups is 1. The van der Waals surface area contributed by atoms with E-state index in [9.17, 15) is 24.9 Å². The molecule has 2 heterocycles.